The summed E-state index contributed by atoms with van der Waals surface area (Å²) in [6.07, 6.45) is 0.571. The van der Waals surface area contributed by atoms with E-state index in [2.05, 4.69) is 0 Å². The molecular formula is C14H8Cl3FO2. The third-order valence-corrected chi connectivity index (χ3v) is 3.36. The van der Waals surface area contributed by atoms with Crippen LogP contribution in [0, 0.1) is 5.82 Å². The fourth-order valence-electron chi connectivity index (χ4n) is 1.63. The zero-order valence-corrected chi connectivity index (χ0v) is 12.3. The lowest BCUT2D eigenvalue weighted by Crippen LogP contribution is -2.01. The van der Waals surface area contributed by atoms with Crippen LogP contribution in [0.15, 0.2) is 30.3 Å². The summed E-state index contributed by atoms with van der Waals surface area (Å²) in [5.41, 5.74) is 0.463. The first-order chi connectivity index (χ1) is 9.52. The molecule has 0 unspecified atom stereocenters. The molecule has 0 aromatic heterocycles. The molecule has 0 bridgehead atoms. The Hall–Kier alpha value is -1.29. The molecule has 0 aliphatic heterocycles. The second kappa shape index (κ2) is 6.44. The highest BCUT2D eigenvalue weighted by molar-refractivity contribution is 6.36. The quantitative estimate of drug-likeness (QED) is 0.721. The predicted molar refractivity (Wildman–Crippen MR) is 77.6 cm³/mol. The summed E-state index contributed by atoms with van der Waals surface area (Å²) in [4.78, 5) is 11.0. The molecule has 0 N–H and O–H groups in total. The van der Waals surface area contributed by atoms with E-state index in [1.54, 1.807) is 6.07 Å². The second-order valence-electron chi connectivity index (χ2n) is 3.93. The number of rotatable bonds is 4. The van der Waals surface area contributed by atoms with Crippen LogP contribution in [0.3, 0.4) is 0 Å². The third kappa shape index (κ3) is 3.23. The van der Waals surface area contributed by atoms with Crippen LogP contribution < -0.4 is 4.74 Å². The number of hydrogen-bond donors (Lipinski definition) is 0. The Kier molecular flexibility index (Phi) is 4.86. The zero-order chi connectivity index (χ0) is 14.7. The van der Waals surface area contributed by atoms with E-state index in [0.29, 0.717) is 11.3 Å². The Bertz CT molecular complexity index is 659. The maximum Gasteiger partial charge on any atom is 0.153 e. The van der Waals surface area contributed by atoms with Gasteiger partial charge in [0.25, 0.3) is 0 Å². The van der Waals surface area contributed by atoms with Crippen molar-refractivity contribution in [2.75, 3.05) is 0 Å². The summed E-state index contributed by atoms with van der Waals surface area (Å²) < 4.78 is 19.1. The third-order valence-electron chi connectivity index (χ3n) is 2.57. The van der Waals surface area contributed by atoms with Crippen molar-refractivity contribution in [2.45, 2.75) is 6.61 Å². The molecular weight excluding hydrogens is 326 g/mol. The maximum atomic E-state index is 13.7. The van der Waals surface area contributed by atoms with Gasteiger partial charge in [-0.1, -0.05) is 46.9 Å². The first-order valence-corrected chi connectivity index (χ1v) is 6.66. The van der Waals surface area contributed by atoms with Crippen molar-refractivity contribution >= 4 is 41.1 Å². The van der Waals surface area contributed by atoms with Gasteiger partial charge in [-0.2, -0.15) is 0 Å². The molecule has 0 saturated carbocycles. The van der Waals surface area contributed by atoms with Gasteiger partial charge >= 0.3 is 0 Å². The predicted octanol–water partition coefficient (Wildman–Crippen LogP) is 5.18. The SMILES string of the molecule is O=Cc1cc(Cl)cc(Cl)c1OCc1cccc(Cl)c1F. The molecule has 0 fully saturated rings. The molecule has 0 aliphatic carbocycles. The summed E-state index contributed by atoms with van der Waals surface area (Å²) >= 11 is 17.4. The Balaban J connectivity index is 2.27. The van der Waals surface area contributed by atoms with Crippen molar-refractivity contribution in [3.8, 4) is 5.75 Å². The first-order valence-electron chi connectivity index (χ1n) is 5.53. The number of carbonyl (C=O) groups is 1. The summed E-state index contributed by atoms with van der Waals surface area (Å²) in [6.45, 7) is -0.103. The minimum Gasteiger partial charge on any atom is -0.486 e. The normalized spacial score (nSPS) is 10.4. The van der Waals surface area contributed by atoms with Crippen molar-refractivity contribution in [3.63, 3.8) is 0 Å². The standard InChI is InChI=1S/C14H8Cl3FO2/c15-10-4-9(6-19)14(12(17)5-10)20-7-8-2-1-3-11(16)13(8)18/h1-6H,7H2. The molecule has 0 aliphatic rings. The van der Waals surface area contributed by atoms with Crippen molar-refractivity contribution in [1.29, 1.82) is 0 Å². The topological polar surface area (TPSA) is 26.3 Å². The molecule has 0 amide bonds. The fraction of sp³-hybridized carbons (Fsp3) is 0.0714. The molecule has 2 rings (SSSR count). The van der Waals surface area contributed by atoms with E-state index < -0.39 is 5.82 Å². The van der Waals surface area contributed by atoms with Gasteiger partial charge in [0.05, 0.1) is 15.6 Å². The van der Waals surface area contributed by atoms with Gasteiger partial charge in [0.2, 0.25) is 0 Å². The minimum atomic E-state index is -0.563. The van der Waals surface area contributed by atoms with E-state index in [4.69, 9.17) is 39.5 Å². The summed E-state index contributed by atoms with van der Waals surface area (Å²) in [5.74, 6) is -0.405. The van der Waals surface area contributed by atoms with E-state index in [1.807, 2.05) is 0 Å². The second-order valence-corrected chi connectivity index (χ2v) is 5.18. The van der Waals surface area contributed by atoms with Crippen LogP contribution in [-0.4, -0.2) is 6.29 Å². The van der Waals surface area contributed by atoms with Crippen LogP contribution in [0.25, 0.3) is 0 Å². The molecule has 6 heteroatoms. The molecule has 0 spiro atoms. The smallest absolute Gasteiger partial charge is 0.153 e. The maximum absolute atomic E-state index is 13.7. The lowest BCUT2D eigenvalue weighted by atomic mass is 10.2. The van der Waals surface area contributed by atoms with Crippen molar-refractivity contribution in [1.82, 2.24) is 0 Å². The number of halogens is 4. The molecule has 0 heterocycles. The van der Waals surface area contributed by atoms with Gasteiger partial charge in [0.15, 0.2) is 6.29 Å². The molecule has 0 radical (unpaired) electrons. The van der Waals surface area contributed by atoms with Gasteiger partial charge in [0, 0.05) is 10.6 Å². The number of ether oxygens (including phenoxy) is 1. The number of aldehydes is 1. The first kappa shape index (κ1) is 15.1. The lowest BCUT2D eigenvalue weighted by molar-refractivity contribution is 0.111. The molecule has 0 atom stereocenters. The molecule has 2 aromatic carbocycles. The molecule has 104 valence electrons. The van der Waals surface area contributed by atoms with Crippen LogP contribution in [0.5, 0.6) is 5.75 Å². The van der Waals surface area contributed by atoms with Crippen LogP contribution in [0.2, 0.25) is 15.1 Å². The van der Waals surface area contributed by atoms with Crippen LogP contribution in [-0.2, 0) is 6.61 Å². The van der Waals surface area contributed by atoms with Gasteiger partial charge < -0.3 is 4.74 Å². The van der Waals surface area contributed by atoms with Crippen LogP contribution in [0.4, 0.5) is 4.39 Å². The van der Waals surface area contributed by atoms with Crippen molar-refractivity contribution in [3.05, 3.63) is 62.3 Å². The molecule has 20 heavy (non-hydrogen) atoms. The highest BCUT2D eigenvalue weighted by atomic mass is 35.5. The molecule has 2 aromatic rings. The van der Waals surface area contributed by atoms with Crippen LogP contribution >= 0.6 is 34.8 Å². The zero-order valence-electron chi connectivity index (χ0n) is 10.00. The van der Waals surface area contributed by atoms with E-state index in [9.17, 15) is 9.18 Å². The van der Waals surface area contributed by atoms with Crippen LogP contribution in [0.1, 0.15) is 15.9 Å². The monoisotopic (exact) mass is 332 g/mol. The van der Waals surface area contributed by atoms with E-state index in [-0.39, 0.29) is 33.5 Å². The van der Waals surface area contributed by atoms with Gasteiger partial charge in [0.1, 0.15) is 18.2 Å². The Morgan fingerprint density at radius 1 is 1.15 bits per heavy atom. The Morgan fingerprint density at radius 3 is 2.60 bits per heavy atom. The number of hydrogen-bond acceptors (Lipinski definition) is 2. The van der Waals surface area contributed by atoms with E-state index in [1.165, 1.54) is 24.3 Å². The summed E-state index contributed by atoms with van der Waals surface area (Å²) in [5, 5.41) is 0.504. The van der Waals surface area contributed by atoms with E-state index in [0.717, 1.165) is 0 Å². The molecule has 0 saturated heterocycles. The number of carbonyl (C=O) groups excluding carboxylic acids is 1. The number of benzene rings is 2. The largest absolute Gasteiger partial charge is 0.486 e. The average molecular weight is 334 g/mol. The highest BCUT2D eigenvalue weighted by Crippen LogP contribution is 2.32. The van der Waals surface area contributed by atoms with E-state index >= 15 is 0 Å². The van der Waals surface area contributed by atoms with Crippen molar-refractivity contribution < 1.29 is 13.9 Å². The lowest BCUT2D eigenvalue weighted by Gasteiger charge is -2.11. The van der Waals surface area contributed by atoms with Gasteiger partial charge in [-0.05, 0) is 18.2 Å². The highest BCUT2D eigenvalue weighted by Gasteiger charge is 2.12. The van der Waals surface area contributed by atoms with Gasteiger partial charge in [-0.25, -0.2) is 4.39 Å². The van der Waals surface area contributed by atoms with Gasteiger partial charge in [-0.3, -0.25) is 4.79 Å². The van der Waals surface area contributed by atoms with Gasteiger partial charge in [-0.15, -0.1) is 0 Å². The Morgan fingerprint density at radius 2 is 1.90 bits per heavy atom. The summed E-state index contributed by atoms with van der Waals surface area (Å²) in [6, 6.07) is 7.44. The average Bonchev–Trinajstić information content (AvgIpc) is 2.41. The molecule has 2 nitrogen and oxygen atoms in total. The fourth-order valence-corrected chi connectivity index (χ4v) is 2.39. The Labute approximate surface area is 130 Å². The van der Waals surface area contributed by atoms with Crippen molar-refractivity contribution in [2.24, 2.45) is 0 Å². The minimum absolute atomic E-state index is 0.00362. The summed E-state index contributed by atoms with van der Waals surface area (Å²) in [7, 11) is 0.